The molecule has 0 spiro atoms. The number of Topliss-reactive ketones (excluding diaryl/α,β-unsaturated/α-hetero) is 1. The van der Waals surface area contributed by atoms with Crippen LogP contribution < -0.4 is 21.1 Å². The number of ketones is 1. The minimum Gasteiger partial charge on any atom is -0.497 e. The van der Waals surface area contributed by atoms with E-state index in [4.69, 9.17) is 10.5 Å². The van der Waals surface area contributed by atoms with Gasteiger partial charge in [-0.05, 0) is 36.4 Å². The molecule has 7 nitrogen and oxygen atoms in total. The lowest BCUT2D eigenvalue weighted by molar-refractivity contribution is -0.116. The molecule has 8 heteroatoms. The molecule has 0 aromatic heterocycles. The van der Waals surface area contributed by atoms with Crippen LogP contribution in [0.5, 0.6) is 5.75 Å². The Kier molecular flexibility index (Phi) is 9.70. The van der Waals surface area contributed by atoms with Gasteiger partial charge < -0.3 is 21.1 Å². The third-order valence-corrected chi connectivity index (χ3v) is 3.87. The number of hydrogen-bond acceptors (Lipinski definition) is 5. The molecule has 0 aliphatic carbocycles. The number of carbonyl (C=O) groups is 3. The number of anilines is 1. The number of methoxy groups -OCH3 is 1. The van der Waals surface area contributed by atoms with Crippen LogP contribution in [0.1, 0.15) is 33.6 Å². The number of para-hydroxylation sites is 1. The maximum absolute atomic E-state index is 12.2. The number of carbonyl (C=O) groups excluding carboxylic acids is 3. The summed E-state index contributed by atoms with van der Waals surface area (Å²) in [6.07, 6.45) is 0.0866. The lowest BCUT2D eigenvalue weighted by Crippen LogP contribution is -2.30. The zero-order valence-electron chi connectivity index (χ0n) is 15.6. The molecule has 0 bridgehead atoms. The zero-order valence-corrected chi connectivity index (χ0v) is 16.4. The topological polar surface area (TPSA) is 111 Å². The lowest BCUT2D eigenvalue weighted by Gasteiger charge is -2.11. The highest BCUT2D eigenvalue weighted by Crippen LogP contribution is 2.17. The molecule has 0 saturated heterocycles. The maximum atomic E-state index is 12.2. The minimum atomic E-state index is -0.337. The number of hydrogen-bond donors (Lipinski definition) is 3. The molecule has 0 fully saturated rings. The molecular formula is C20H24ClN3O4. The van der Waals surface area contributed by atoms with Gasteiger partial charge >= 0.3 is 0 Å². The molecule has 2 aromatic carbocycles. The van der Waals surface area contributed by atoms with Gasteiger partial charge in [0, 0.05) is 31.5 Å². The molecule has 0 aliphatic rings. The molecule has 2 amide bonds. The first-order valence-electron chi connectivity index (χ1n) is 8.59. The van der Waals surface area contributed by atoms with Crippen LogP contribution in [-0.2, 0) is 4.79 Å². The van der Waals surface area contributed by atoms with Gasteiger partial charge in [0.25, 0.3) is 5.91 Å². The number of nitrogens with two attached hydrogens (primary N) is 1. The quantitative estimate of drug-likeness (QED) is 0.555. The van der Waals surface area contributed by atoms with E-state index in [0.29, 0.717) is 35.7 Å². The lowest BCUT2D eigenvalue weighted by atomic mass is 10.1. The number of benzene rings is 2. The highest BCUT2D eigenvalue weighted by molar-refractivity contribution is 6.05. The van der Waals surface area contributed by atoms with E-state index < -0.39 is 0 Å². The van der Waals surface area contributed by atoms with Gasteiger partial charge in [0.2, 0.25) is 5.91 Å². The van der Waals surface area contributed by atoms with Gasteiger partial charge in [-0.15, -0.1) is 12.4 Å². The van der Waals surface area contributed by atoms with Gasteiger partial charge in [-0.2, -0.15) is 0 Å². The first-order chi connectivity index (χ1) is 13.0. The van der Waals surface area contributed by atoms with Crippen molar-refractivity contribution in [1.29, 1.82) is 0 Å². The minimum absolute atomic E-state index is 0. The molecule has 0 atom stereocenters. The second-order valence-corrected chi connectivity index (χ2v) is 5.79. The van der Waals surface area contributed by atoms with Crippen LogP contribution in [0.3, 0.4) is 0 Å². The van der Waals surface area contributed by atoms with Crippen LogP contribution in [0.25, 0.3) is 0 Å². The summed E-state index contributed by atoms with van der Waals surface area (Å²) >= 11 is 0. The SMILES string of the molecule is COc1ccc(C(=O)CCC(=O)Nc2ccccc2C(=O)NCCN)cc1.Cl. The Morgan fingerprint density at radius 1 is 1.00 bits per heavy atom. The second-order valence-electron chi connectivity index (χ2n) is 5.79. The molecule has 2 rings (SSSR count). The van der Waals surface area contributed by atoms with Crippen LogP contribution >= 0.6 is 12.4 Å². The summed E-state index contributed by atoms with van der Waals surface area (Å²) in [5, 5.41) is 5.35. The molecule has 150 valence electrons. The summed E-state index contributed by atoms with van der Waals surface area (Å²) in [6, 6.07) is 13.4. The van der Waals surface area contributed by atoms with Crippen LogP contribution in [0, 0.1) is 0 Å². The summed E-state index contributed by atoms with van der Waals surface area (Å²) in [5.41, 5.74) is 6.65. The fourth-order valence-corrected chi connectivity index (χ4v) is 2.43. The van der Waals surface area contributed by atoms with Crippen LogP contribution in [-0.4, -0.2) is 37.8 Å². The van der Waals surface area contributed by atoms with E-state index in [0.717, 1.165) is 0 Å². The summed E-state index contributed by atoms with van der Waals surface area (Å²) < 4.78 is 5.05. The molecule has 28 heavy (non-hydrogen) atoms. The molecule has 0 unspecified atom stereocenters. The molecule has 4 N–H and O–H groups in total. The van der Waals surface area contributed by atoms with Crippen LogP contribution in [0.4, 0.5) is 5.69 Å². The summed E-state index contributed by atoms with van der Waals surface area (Å²) in [4.78, 5) is 36.5. The number of rotatable bonds is 9. The first kappa shape index (κ1) is 23.1. The Labute approximate surface area is 170 Å². The van der Waals surface area contributed by atoms with Gasteiger partial charge in [-0.3, -0.25) is 14.4 Å². The van der Waals surface area contributed by atoms with Crippen molar-refractivity contribution in [2.45, 2.75) is 12.8 Å². The maximum Gasteiger partial charge on any atom is 0.253 e. The second kappa shape index (κ2) is 11.7. The summed E-state index contributed by atoms with van der Waals surface area (Å²) in [5.74, 6) is -0.128. The first-order valence-corrected chi connectivity index (χ1v) is 8.59. The van der Waals surface area contributed by atoms with Crippen molar-refractivity contribution >= 4 is 35.7 Å². The van der Waals surface area contributed by atoms with E-state index in [1.165, 1.54) is 0 Å². The van der Waals surface area contributed by atoms with E-state index >= 15 is 0 Å². The van der Waals surface area contributed by atoms with E-state index in [1.54, 1.807) is 55.6 Å². The molecule has 0 saturated carbocycles. The third kappa shape index (κ3) is 6.68. The van der Waals surface area contributed by atoms with Crippen molar-refractivity contribution < 1.29 is 19.1 Å². The number of nitrogens with one attached hydrogen (secondary N) is 2. The largest absolute Gasteiger partial charge is 0.497 e. The van der Waals surface area contributed by atoms with Gasteiger partial charge in [0.05, 0.1) is 18.4 Å². The Morgan fingerprint density at radius 3 is 2.32 bits per heavy atom. The van der Waals surface area contributed by atoms with Gasteiger partial charge in [0.1, 0.15) is 5.75 Å². The predicted octanol–water partition coefficient (Wildman–Crippen LogP) is 2.41. The van der Waals surface area contributed by atoms with E-state index in [2.05, 4.69) is 10.6 Å². The highest BCUT2D eigenvalue weighted by Gasteiger charge is 2.14. The van der Waals surface area contributed by atoms with Crippen LogP contribution in [0.2, 0.25) is 0 Å². The van der Waals surface area contributed by atoms with E-state index in [9.17, 15) is 14.4 Å². The molecule has 0 aliphatic heterocycles. The van der Waals surface area contributed by atoms with Crippen molar-refractivity contribution in [3.05, 3.63) is 59.7 Å². The van der Waals surface area contributed by atoms with E-state index in [-0.39, 0.29) is 42.8 Å². The van der Waals surface area contributed by atoms with Gasteiger partial charge in [-0.1, -0.05) is 12.1 Å². The van der Waals surface area contributed by atoms with Crippen molar-refractivity contribution in [3.63, 3.8) is 0 Å². The van der Waals surface area contributed by atoms with Crippen molar-refractivity contribution in [1.82, 2.24) is 5.32 Å². The summed E-state index contributed by atoms with van der Waals surface area (Å²) in [6.45, 7) is 0.672. The van der Waals surface area contributed by atoms with Crippen molar-refractivity contribution in [2.24, 2.45) is 5.73 Å². The third-order valence-electron chi connectivity index (χ3n) is 3.87. The summed E-state index contributed by atoms with van der Waals surface area (Å²) in [7, 11) is 1.55. The average molecular weight is 406 g/mol. The van der Waals surface area contributed by atoms with Crippen molar-refractivity contribution in [2.75, 3.05) is 25.5 Å². The predicted molar refractivity (Wildman–Crippen MR) is 110 cm³/mol. The standard InChI is InChI=1S/C20H23N3O4.ClH/c1-27-15-8-6-14(7-9-15)18(24)10-11-19(25)23-17-5-3-2-4-16(17)20(26)22-13-12-21;/h2-9H,10-13,21H2,1H3,(H,22,26)(H,23,25);1H. The molecular weight excluding hydrogens is 382 g/mol. The molecule has 2 aromatic rings. The number of ether oxygens (including phenoxy) is 1. The monoisotopic (exact) mass is 405 g/mol. The fourth-order valence-electron chi connectivity index (χ4n) is 2.43. The zero-order chi connectivity index (χ0) is 19.6. The average Bonchev–Trinajstić information content (AvgIpc) is 2.70. The Morgan fingerprint density at radius 2 is 1.68 bits per heavy atom. The van der Waals surface area contributed by atoms with Gasteiger partial charge in [-0.25, -0.2) is 0 Å². The number of amides is 2. The van der Waals surface area contributed by atoms with Gasteiger partial charge in [0.15, 0.2) is 5.78 Å². The Hall–Kier alpha value is -2.90. The van der Waals surface area contributed by atoms with Crippen LogP contribution in [0.15, 0.2) is 48.5 Å². The fraction of sp³-hybridized carbons (Fsp3) is 0.250. The smallest absolute Gasteiger partial charge is 0.253 e. The number of halogens is 1. The Balaban J connectivity index is 0.00000392. The molecule has 0 heterocycles. The Bertz CT molecular complexity index is 809. The normalized spacial score (nSPS) is 9.79. The van der Waals surface area contributed by atoms with E-state index in [1.807, 2.05) is 0 Å². The highest BCUT2D eigenvalue weighted by atomic mass is 35.5. The van der Waals surface area contributed by atoms with Crippen molar-refractivity contribution in [3.8, 4) is 5.75 Å². The molecule has 0 radical (unpaired) electrons.